The zero-order valence-corrected chi connectivity index (χ0v) is 21.7. The van der Waals surface area contributed by atoms with Crippen molar-refractivity contribution < 1.29 is 13.0 Å². The summed E-state index contributed by atoms with van der Waals surface area (Å²) in [4.78, 5) is 10.5. The fourth-order valence-corrected chi connectivity index (χ4v) is 4.67. The number of rotatable bonds is 9. The minimum atomic E-state index is -4.02. The summed E-state index contributed by atoms with van der Waals surface area (Å²) in [7, 11) is -4.02. The largest absolute Gasteiger partial charge is 0.370 e. The molecule has 3 rings (SSSR count). The summed E-state index contributed by atoms with van der Waals surface area (Å²) in [5.41, 5.74) is 25.0. The van der Waals surface area contributed by atoms with E-state index in [9.17, 15) is 8.42 Å². The predicted molar refractivity (Wildman–Crippen MR) is 147 cm³/mol. The van der Waals surface area contributed by atoms with Crippen LogP contribution >= 0.6 is 11.8 Å². The molecule has 0 atom stereocenters. The zero-order chi connectivity index (χ0) is 26.6. The molecule has 0 heterocycles. The van der Waals surface area contributed by atoms with E-state index in [1.165, 1.54) is 33.1 Å². The third kappa shape index (κ3) is 10.4. The third-order valence-corrected chi connectivity index (χ3v) is 6.94. The van der Waals surface area contributed by atoms with Gasteiger partial charge in [0.25, 0.3) is 10.1 Å². The van der Waals surface area contributed by atoms with Crippen molar-refractivity contribution in [2.45, 2.75) is 34.5 Å². The minimum absolute atomic E-state index is 0.0666. The quantitative estimate of drug-likeness (QED) is 0.159. The zero-order valence-electron chi connectivity index (χ0n) is 20.0. The molecule has 0 aliphatic carbocycles. The van der Waals surface area contributed by atoms with Gasteiger partial charge in [0, 0.05) is 22.9 Å². The highest BCUT2D eigenvalue weighted by atomic mass is 32.2. The molecule has 0 aliphatic rings. The van der Waals surface area contributed by atoms with Crippen LogP contribution in [0.5, 0.6) is 0 Å². The summed E-state index contributed by atoms with van der Waals surface area (Å²) in [6.45, 7) is 2.99. The Hall–Kier alpha value is -3.54. The summed E-state index contributed by atoms with van der Waals surface area (Å²) >= 11 is 1.74. The topological polar surface area (TPSA) is 183 Å². The first-order chi connectivity index (χ1) is 17.1. The molecule has 0 aromatic heterocycles. The lowest BCUT2D eigenvalue weighted by atomic mass is 10.1. The minimum Gasteiger partial charge on any atom is -0.370 e. The Morgan fingerprint density at radius 1 is 0.750 bits per heavy atom. The number of nitrogens with zero attached hydrogens (tertiary/aromatic N) is 2. The number of hydrogen-bond donors (Lipinski definition) is 5. The summed E-state index contributed by atoms with van der Waals surface area (Å²) < 4.78 is 29.6. The van der Waals surface area contributed by atoms with Crippen molar-refractivity contribution in [1.82, 2.24) is 0 Å². The van der Waals surface area contributed by atoms with Gasteiger partial charge in [0.2, 0.25) is 0 Å². The number of hydrogen-bond acceptors (Lipinski definition) is 5. The molecule has 0 radical (unpaired) electrons. The molecule has 11 heteroatoms. The van der Waals surface area contributed by atoms with E-state index in [1.54, 1.807) is 23.9 Å². The molecule has 0 fully saturated rings. The van der Waals surface area contributed by atoms with Crippen LogP contribution in [-0.4, -0.2) is 38.0 Å². The van der Waals surface area contributed by atoms with Crippen molar-refractivity contribution in [3.05, 3.63) is 89.5 Å². The normalized spacial score (nSPS) is 10.6. The molecule has 192 valence electrons. The van der Waals surface area contributed by atoms with E-state index in [4.69, 9.17) is 27.5 Å². The van der Waals surface area contributed by atoms with Crippen LogP contribution in [0.2, 0.25) is 0 Å². The van der Waals surface area contributed by atoms with Gasteiger partial charge in [0.05, 0.1) is 4.90 Å². The smallest absolute Gasteiger partial charge is 0.294 e. The molecule has 0 aliphatic heterocycles. The molecule has 0 amide bonds. The summed E-state index contributed by atoms with van der Waals surface area (Å²) in [6.07, 6.45) is 1.58. The Kier molecular flexibility index (Phi) is 11.3. The fraction of sp³-hybridized carbons (Fsp3) is 0.200. The van der Waals surface area contributed by atoms with Crippen molar-refractivity contribution >= 4 is 33.8 Å². The Balaban J connectivity index is 0.000000346. The van der Waals surface area contributed by atoms with E-state index >= 15 is 0 Å². The number of guanidine groups is 2. The van der Waals surface area contributed by atoms with Crippen LogP contribution in [0.25, 0.3) is 0 Å². The van der Waals surface area contributed by atoms with Crippen LogP contribution in [0.3, 0.4) is 0 Å². The molecule has 3 aromatic rings. The van der Waals surface area contributed by atoms with E-state index in [0.29, 0.717) is 13.1 Å². The van der Waals surface area contributed by atoms with Gasteiger partial charge in [-0.1, -0.05) is 65.9 Å². The van der Waals surface area contributed by atoms with Gasteiger partial charge < -0.3 is 22.9 Å². The Morgan fingerprint density at radius 3 is 1.56 bits per heavy atom. The lowest BCUT2D eigenvalue weighted by Gasteiger charge is -2.11. The van der Waals surface area contributed by atoms with Gasteiger partial charge in [0.1, 0.15) is 0 Å². The maximum absolute atomic E-state index is 10.5. The number of nitrogens with two attached hydrogens (primary N) is 4. The molecule has 0 saturated heterocycles. The van der Waals surface area contributed by atoms with Gasteiger partial charge in [-0.25, -0.2) is 0 Å². The molecule has 3 aromatic carbocycles. The fourth-order valence-electron chi connectivity index (χ4n) is 3.06. The monoisotopic (exact) mass is 528 g/mol. The Labute approximate surface area is 216 Å². The van der Waals surface area contributed by atoms with Gasteiger partial charge >= 0.3 is 0 Å². The highest BCUT2D eigenvalue weighted by Crippen LogP contribution is 2.33. The average Bonchev–Trinajstić information content (AvgIpc) is 2.81. The number of aryl methyl sites for hydroxylation is 1. The van der Waals surface area contributed by atoms with Gasteiger partial charge in [-0.2, -0.15) is 8.42 Å². The highest BCUT2D eigenvalue weighted by molar-refractivity contribution is 7.99. The van der Waals surface area contributed by atoms with Gasteiger partial charge in [0.15, 0.2) is 11.9 Å². The third-order valence-electron chi connectivity index (χ3n) is 4.84. The van der Waals surface area contributed by atoms with Gasteiger partial charge in [-0.05, 0) is 55.2 Å². The first-order valence-corrected chi connectivity index (χ1v) is 13.3. The van der Waals surface area contributed by atoms with E-state index in [0.717, 1.165) is 18.4 Å². The molecule has 0 saturated carbocycles. The van der Waals surface area contributed by atoms with E-state index in [2.05, 4.69) is 34.3 Å². The molecular formula is C25H32N6O3S2. The van der Waals surface area contributed by atoms with Gasteiger partial charge in [-0.3, -0.25) is 14.5 Å². The second-order valence-electron chi connectivity index (χ2n) is 7.72. The molecule has 0 unspecified atom stereocenters. The van der Waals surface area contributed by atoms with E-state index in [1.807, 2.05) is 31.2 Å². The van der Waals surface area contributed by atoms with Crippen molar-refractivity contribution in [1.29, 1.82) is 0 Å². The van der Waals surface area contributed by atoms with Crippen LogP contribution in [0.15, 0.2) is 97.5 Å². The van der Waals surface area contributed by atoms with Crippen molar-refractivity contribution in [3.63, 3.8) is 0 Å². The van der Waals surface area contributed by atoms with E-state index < -0.39 is 10.1 Å². The molecule has 36 heavy (non-hydrogen) atoms. The van der Waals surface area contributed by atoms with Crippen molar-refractivity contribution in [2.75, 3.05) is 13.1 Å². The molecule has 9 N–H and O–H groups in total. The summed E-state index contributed by atoms with van der Waals surface area (Å²) in [5.74, 6) is 0.241. The van der Waals surface area contributed by atoms with Crippen LogP contribution in [0.4, 0.5) is 0 Å². The Bertz CT molecular complexity index is 1220. The van der Waals surface area contributed by atoms with Crippen LogP contribution in [-0.2, 0) is 23.0 Å². The molecule has 9 nitrogen and oxygen atoms in total. The maximum Gasteiger partial charge on any atom is 0.294 e. The average molecular weight is 529 g/mol. The second kappa shape index (κ2) is 14.1. The van der Waals surface area contributed by atoms with Crippen molar-refractivity contribution in [2.24, 2.45) is 32.9 Å². The lowest BCUT2D eigenvalue weighted by molar-refractivity contribution is 0.483. The first kappa shape index (κ1) is 28.7. The highest BCUT2D eigenvalue weighted by Gasteiger charge is 2.08. The van der Waals surface area contributed by atoms with Crippen LogP contribution in [0.1, 0.15) is 16.7 Å². The molecule has 0 spiro atoms. The number of aliphatic imine (C=N–C) groups is 2. The maximum atomic E-state index is 10.5. The Morgan fingerprint density at radius 2 is 1.17 bits per heavy atom. The lowest BCUT2D eigenvalue weighted by Crippen LogP contribution is -2.23. The standard InChI is InChI=1S/C18H24N6S.C7H8O3S/c19-17(20)23-11-9-13-5-1-3-7-15(13)25-16-8-4-2-6-14(16)10-12-24-18(21)22;1-6-2-4-7(5-3-6)11(8,9)10/h1-8H,9-12H2,(H4,19,20,23)(H4,21,22,24);2-5H,1H3,(H,8,9,10). The molecule has 0 bridgehead atoms. The van der Waals surface area contributed by atoms with Crippen LogP contribution < -0.4 is 22.9 Å². The first-order valence-electron chi connectivity index (χ1n) is 11.0. The SMILES string of the molecule is Cc1ccc(S(=O)(=O)O)cc1.NC(N)=NCCc1ccccc1Sc1ccccc1CCN=C(N)N. The second-order valence-corrected chi connectivity index (χ2v) is 10.2. The number of benzene rings is 3. The van der Waals surface area contributed by atoms with Crippen molar-refractivity contribution in [3.8, 4) is 0 Å². The van der Waals surface area contributed by atoms with Crippen LogP contribution in [0, 0.1) is 6.92 Å². The summed E-state index contributed by atoms with van der Waals surface area (Å²) in [6, 6.07) is 22.5. The van der Waals surface area contributed by atoms with Gasteiger partial charge in [-0.15, -0.1) is 0 Å². The predicted octanol–water partition coefficient (Wildman–Crippen LogP) is 2.71. The summed E-state index contributed by atoms with van der Waals surface area (Å²) in [5, 5.41) is 0. The van der Waals surface area contributed by atoms with E-state index in [-0.39, 0.29) is 16.8 Å². The molecular weight excluding hydrogens is 496 g/mol.